The molecular formula is C18H21N3O5S. The number of benzene rings is 1. The molecule has 3 aromatic rings. The molecule has 0 saturated heterocycles. The summed E-state index contributed by atoms with van der Waals surface area (Å²) in [4.78, 5) is 16.7. The maximum absolute atomic E-state index is 12.2. The molecule has 2 heterocycles. The monoisotopic (exact) mass is 391 g/mol. The summed E-state index contributed by atoms with van der Waals surface area (Å²) in [6.07, 6.45) is -0.0849. The topological polar surface area (TPSA) is 88.6 Å². The van der Waals surface area contributed by atoms with E-state index in [9.17, 15) is 4.79 Å². The third-order valence-corrected chi connectivity index (χ3v) is 5.04. The van der Waals surface area contributed by atoms with E-state index in [-0.39, 0.29) is 12.6 Å². The van der Waals surface area contributed by atoms with E-state index in [0.29, 0.717) is 29.5 Å². The standard InChI is InChI=1S/C18H21N3O5S/c1-5-25-11(2)17-19-13(10-27-17)9-21-16(20-26-18(21)22)12-6-7-14(23-3)15(8-12)24-4/h6-8,10-11H,5,9H2,1-4H3. The smallest absolute Gasteiger partial charge is 0.442 e. The molecule has 0 bridgehead atoms. The van der Waals surface area contributed by atoms with Gasteiger partial charge in [-0.1, -0.05) is 5.16 Å². The fraction of sp³-hybridized carbons (Fsp3) is 0.389. The highest BCUT2D eigenvalue weighted by molar-refractivity contribution is 7.09. The van der Waals surface area contributed by atoms with Crippen molar-refractivity contribution in [2.24, 2.45) is 0 Å². The fourth-order valence-electron chi connectivity index (χ4n) is 2.66. The van der Waals surface area contributed by atoms with Crippen molar-refractivity contribution >= 4 is 11.3 Å². The van der Waals surface area contributed by atoms with Crippen LogP contribution in [0.3, 0.4) is 0 Å². The Morgan fingerprint density at radius 1 is 1.26 bits per heavy atom. The lowest BCUT2D eigenvalue weighted by Gasteiger charge is -2.09. The maximum Gasteiger partial charge on any atom is 0.442 e. The van der Waals surface area contributed by atoms with Gasteiger partial charge in [-0.05, 0) is 32.0 Å². The highest BCUT2D eigenvalue weighted by Crippen LogP contribution is 2.31. The predicted octanol–water partition coefficient (Wildman–Crippen LogP) is 3.12. The first-order valence-electron chi connectivity index (χ1n) is 8.42. The van der Waals surface area contributed by atoms with Crippen LogP contribution < -0.4 is 15.2 Å². The van der Waals surface area contributed by atoms with Crippen molar-refractivity contribution in [1.29, 1.82) is 0 Å². The Kier molecular flexibility index (Phi) is 5.92. The Balaban J connectivity index is 1.91. The van der Waals surface area contributed by atoms with Crippen molar-refractivity contribution in [1.82, 2.24) is 14.7 Å². The van der Waals surface area contributed by atoms with Crippen LogP contribution in [0, 0.1) is 0 Å². The Labute approximate surface area is 160 Å². The van der Waals surface area contributed by atoms with E-state index in [1.165, 1.54) is 15.9 Å². The van der Waals surface area contributed by atoms with Gasteiger partial charge in [0.25, 0.3) is 0 Å². The SMILES string of the molecule is CCOC(C)c1nc(Cn2c(-c3ccc(OC)c(OC)c3)noc2=O)cs1. The number of rotatable bonds is 8. The molecule has 0 saturated carbocycles. The summed E-state index contributed by atoms with van der Waals surface area (Å²) in [5, 5.41) is 6.68. The molecule has 0 aliphatic heterocycles. The van der Waals surface area contributed by atoms with Crippen LogP contribution in [0.15, 0.2) is 32.9 Å². The van der Waals surface area contributed by atoms with E-state index in [0.717, 1.165) is 10.7 Å². The van der Waals surface area contributed by atoms with Crippen molar-refractivity contribution in [2.75, 3.05) is 20.8 Å². The van der Waals surface area contributed by atoms with Gasteiger partial charge in [-0.3, -0.25) is 9.09 Å². The molecule has 1 atom stereocenters. The van der Waals surface area contributed by atoms with Gasteiger partial charge in [0.1, 0.15) is 11.1 Å². The molecule has 2 aromatic heterocycles. The summed E-state index contributed by atoms with van der Waals surface area (Å²) in [5.74, 6) is 0.978. The number of hydrogen-bond acceptors (Lipinski definition) is 8. The van der Waals surface area contributed by atoms with E-state index in [1.807, 2.05) is 19.2 Å². The number of ether oxygens (including phenoxy) is 3. The van der Waals surface area contributed by atoms with Crippen LogP contribution in [0.5, 0.6) is 11.5 Å². The minimum Gasteiger partial charge on any atom is -0.493 e. The molecule has 0 N–H and O–H groups in total. The van der Waals surface area contributed by atoms with E-state index in [4.69, 9.17) is 18.7 Å². The number of hydrogen-bond donors (Lipinski definition) is 0. The van der Waals surface area contributed by atoms with E-state index in [2.05, 4.69) is 10.1 Å². The van der Waals surface area contributed by atoms with Crippen molar-refractivity contribution in [2.45, 2.75) is 26.5 Å². The molecule has 144 valence electrons. The van der Waals surface area contributed by atoms with Gasteiger partial charge in [-0.25, -0.2) is 9.78 Å². The Hall–Kier alpha value is -2.65. The first-order valence-corrected chi connectivity index (χ1v) is 9.30. The largest absolute Gasteiger partial charge is 0.493 e. The van der Waals surface area contributed by atoms with E-state index < -0.39 is 5.76 Å². The normalized spacial score (nSPS) is 12.1. The fourth-order valence-corrected chi connectivity index (χ4v) is 3.47. The summed E-state index contributed by atoms with van der Waals surface area (Å²) in [5.41, 5.74) is 1.42. The lowest BCUT2D eigenvalue weighted by Crippen LogP contribution is -2.16. The second-order valence-corrected chi connectivity index (χ2v) is 6.59. The van der Waals surface area contributed by atoms with Crippen LogP contribution in [0.2, 0.25) is 0 Å². The summed E-state index contributed by atoms with van der Waals surface area (Å²) >= 11 is 1.50. The molecule has 0 aliphatic rings. The lowest BCUT2D eigenvalue weighted by molar-refractivity contribution is 0.0761. The van der Waals surface area contributed by atoms with Gasteiger partial charge in [0, 0.05) is 17.6 Å². The van der Waals surface area contributed by atoms with Crippen molar-refractivity contribution in [3.63, 3.8) is 0 Å². The molecule has 0 fully saturated rings. The highest BCUT2D eigenvalue weighted by atomic mass is 32.1. The third kappa shape index (κ3) is 4.04. The second-order valence-electron chi connectivity index (χ2n) is 5.70. The summed E-state index contributed by atoms with van der Waals surface area (Å²) in [6.45, 7) is 4.76. The number of methoxy groups -OCH3 is 2. The first-order chi connectivity index (χ1) is 13.1. The third-order valence-electron chi connectivity index (χ3n) is 3.98. The first kappa shape index (κ1) is 19.1. The molecule has 8 nitrogen and oxygen atoms in total. The molecule has 0 amide bonds. The van der Waals surface area contributed by atoms with Crippen LogP contribution in [0.25, 0.3) is 11.4 Å². The molecule has 3 rings (SSSR count). The molecule has 9 heteroatoms. The molecule has 0 aliphatic carbocycles. The minimum absolute atomic E-state index is 0.0849. The number of nitrogens with zero attached hydrogens (tertiary/aromatic N) is 3. The summed E-state index contributed by atoms with van der Waals surface area (Å²) in [6, 6.07) is 5.29. The van der Waals surface area contributed by atoms with Gasteiger partial charge < -0.3 is 14.2 Å². The van der Waals surface area contributed by atoms with E-state index >= 15 is 0 Å². The number of thiazole rings is 1. The summed E-state index contributed by atoms with van der Waals surface area (Å²) < 4.78 is 22.4. The molecule has 1 aromatic carbocycles. The van der Waals surface area contributed by atoms with Gasteiger partial charge >= 0.3 is 5.76 Å². The van der Waals surface area contributed by atoms with Crippen LogP contribution in [-0.4, -0.2) is 35.5 Å². The summed E-state index contributed by atoms with van der Waals surface area (Å²) in [7, 11) is 3.11. The van der Waals surface area contributed by atoms with Gasteiger partial charge in [-0.2, -0.15) is 0 Å². The van der Waals surface area contributed by atoms with Gasteiger partial charge in [-0.15, -0.1) is 11.3 Å². The average Bonchev–Trinajstić information content (AvgIpc) is 3.29. The van der Waals surface area contributed by atoms with Crippen molar-refractivity contribution in [3.8, 4) is 22.9 Å². The zero-order valence-corrected chi connectivity index (χ0v) is 16.4. The highest BCUT2D eigenvalue weighted by Gasteiger charge is 2.18. The number of aromatic nitrogens is 3. The second kappa shape index (κ2) is 8.36. The van der Waals surface area contributed by atoms with Crippen LogP contribution in [-0.2, 0) is 11.3 Å². The van der Waals surface area contributed by atoms with Crippen LogP contribution >= 0.6 is 11.3 Å². The zero-order chi connectivity index (χ0) is 19.4. The lowest BCUT2D eigenvalue weighted by atomic mass is 10.2. The maximum atomic E-state index is 12.2. The van der Waals surface area contributed by atoms with Gasteiger partial charge in [0.2, 0.25) is 0 Å². The Morgan fingerprint density at radius 2 is 2.04 bits per heavy atom. The quantitative estimate of drug-likeness (QED) is 0.583. The minimum atomic E-state index is -0.549. The van der Waals surface area contributed by atoms with Crippen LogP contribution in [0.4, 0.5) is 0 Å². The van der Waals surface area contributed by atoms with E-state index in [1.54, 1.807) is 32.4 Å². The predicted molar refractivity (Wildman–Crippen MR) is 101 cm³/mol. The van der Waals surface area contributed by atoms with Crippen molar-refractivity contribution < 1.29 is 18.7 Å². The van der Waals surface area contributed by atoms with Crippen molar-refractivity contribution in [3.05, 3.63) is 44.8 Å². The van der Waals surface area contributed by atoms with Crippen LogP contribution in [0.1, 0.15) is 30.7 Å². The average molecular weight is 391 g/mol. The molecule has 27 heavy (non-hydrogen) atoms. The molecule has 0 spiro atoms. The Morgan fingerprint density at radius 3 is 2.74 bits per heavy atom. The van der Waals surface area contributed by atoms with Gasteiger partial charge in [0.15, 0.2) is 17.3 Å². The molecule has 0 radical (unpaired) electrons. The van der Waals surface area contributed by atoms with Gasteiger partial charge in [0.05, 0.1) is 26.5 Å². The zero-order valence-electron chi connectivity index (χ0n) is 15.6. The molecule has 1 unspecified atom stereocenters. The Bertz CT molecular complexity index is 962. The molecular weight excluding hydrogens is 370 g/mol.